The van der Waals surface area contributed by atoms with Gasteiger partial charge in [-0.1, -0.05) is 39.2 Å². The molecule has 1 aliphatic carbocycles. The molecule has 0 aliphatic heterocycles. The summed E-state index contributed by atoms with van der Waals surface area (Å²) in [6.07, 6.45) is 9.77. The topological polar surface area (TPSA) is 17.1 Å². The van der Waals surface area contributed by atoms with Crippen molar-refractivity contribution in [1.82, 2.24) is 0 Å². The molecule has 1 saturated carbocycles. The number of Topliss-reactive ketones (excluding diaryl/α,β-unsaturated/α-hetero) is 1. The summed E-state index contributed by atoms with van der Waals surface area (Å²) in [7, 11) is 0. The maximum Gasteiger partial charge on any atom is 0.158 e. The van der Waals surface area contributed by atoms with Crippen molar-refractivity contribution in [2.45, 2.75) is 65.2 Å². The number of hydrogen-bond acceptors (Lipinski definition) is 1. The second kappa shape index (κ2) is 5.48. The van der Waals surface area contributed by atoms with Gasteiger partial charge in [-0.25, -0.2) is 0 Å². The first-order valence-corrected chi connectivity index (χ1v) is 6.28. The van der Waals surface area contributed by atoms with Gasteiger partial charge < -0.3 is 0 Å². The van der Waals surface area contributed by atoms with E-state index in [2.05, 4.69) is 13.5 Å². The van der Waals surface area contributed by atoms with Crippen LogP contribution in [0, 0.1) is 5.41 Å². The minimum Gasteiger partial charge on any atom is -0.295 e. The summed E-state index contributed by atoms with van der Waals surface area (Å²) in [5.74, 6) is 0.258. The average Bonchev–Trinajstić information content (AvgIpc) is 2.27. The van der Waals surface area contributed by atoms with E-state index < -0.39 is 0 Å². The van der Waals surface area contributed by atoms with Gasteiger partial charge >= 0.3 is 0 Å². The molecule has 15 heavy (non-hydrogen) atoms. The Kier molecular flexibility index (Phi) is 4.56. The molecule has 0 saturated heterocycles. The third-order valence-electron chi connectivity index (χ3n) is 4.02. The monoisotopic (exact) mass is 208 g/mol. The lowest BCUT2D eigenvalue weighted by atomic mass is 9.69. The van der Waals surface area contributed by atoms with Crippen LogP contribution in [0.15, 0.2) is 12.2 Å². The van der Waals surface area contributed by atoms with E-state index in [9.17, 15) is 4.79 Å². The van der Waals surface area contributed by atoms with Crippen molar-refractivity contribution in [3.05, 3.63) is 12.2 Å². The molecule has 0 atom stereocenters. The molecule has 0 spiro atoms. The van der Waals surface area contributed by atoms with Crippen molar-refractivity contribution in [1.29, 1.82) is 0 Å². The van der Waals surface area contributed by atoms with Crippen LogP contribution in [0.25, 0.3) is 0 Å². The number of carbonyl (C=O) groups excluding carboxylic acids is 1. The Balaban J connectivity index is 2.45. The third-order valence-corrected chi connectivity index (χ3v) is 4.02. The largest absolute Gasteiger partial charge is 0.295 e. The second-order valence-corrected chi connectivity index (χ2v) is 5.12. The Morgan fingerprint density at radius 1 is 1.27 bits per heavy atom. The molecule has 1 heteroatoms. The van der Waals surface area contributed by atoms with Crippen LogP contribution in [0.5, 0.6) is 0 Å². The molecule has 1 nitrogen and oxygen atoms in total. The zero-order valence-corrected chi connectivity index (χ0v) is 10.3. The number of hydrogen-bond donors (Lipinski definition) is 0. The highest BCUT2D eigenvalue weighted by Gasteiger charge is 2.30. The van der Waals surface area contributed by atoms with Gasteiger partial charge in [0.1, 0.15) is 0 Å². The van der Waals surface area contributed by atoms with Crippen LogP contribution in [0.3, 0.4) is 0 Å². The van der Waals surface area contributed by atoms with Gasteiger partial charge in [-0.15, -0.1) is 0 Å². The minimum absolute atomic E-state index is 0.258. The summed E-state index contributed by atoms with van der Waals surface area (Å²) in [4.78, 5) is 11.5. The second-order valence-electron chi connectivity index (χ2n) is 5.12. The highest BCUT2D eigenvalue weighted by molar-refractivity contribution is 5.94. The SMILES string of the molecule is C=C(C)C(=O)CCC1(CC)CCCCC1. The standard InChI is InChI=1S/C14H24O/c1-4-14(9-6-5-7-10-14)11-8-13(15)12(2)3/h2,4-11H2,1,3H3. The van der Waals surface area contributed by atoms with Gasteiger partial charge in [-0.05, 0) is 37.2 Å². The molecule has 0 amide bonds. The van der Waals surface area contributed by atoms with E-state index >= 15 is 0 Å². The first-order chi connectivity index (χ1) is 7.09. The van der Waals surface area contributed by atoms with Crippen LogP contribution in [0.4, 0.5) is 0 Å². The lowest BCUT2D eigenvalue weighted by molar-refractivity contribution is -0.116. The molecule has 1 aliphatic rings. The molecular weight excluding hydrogens is 184 g/mol. The van der Waals surface area contributed by atoms with E-state index in [-0.39, 0.29) is 5.78 Å². The van der Waals surface area contributed by atoms with E-state index in [1.807, 2.05) is 6.92 Å². The van der Waals surface area contributed by atoms with Crippen LogP contribution in [0.1, 0.15) is 65.2 Å². The summed E-state index contributed by atoms with van der Waals surface area (Å²) in [5, 5.41) is 0. The molecule has 0 N–H and O–H groups in total. The molecule has 1 rings (SSSR count). The summed E-state index contributed by atoms with van der Waals surface area (Å²) in [5.41, 5.74) is 1.20. The zero-order chi connectivity index (χ0) is 11.3. The van der Waals surface area contributed by atoms with Crippen molar-refractivity contribution >= 4 is 5.78 Å². The normalized spacial score (nSPS) is 19.9. The van der Waals surface area contributed by atoms with Gasteiger partial charge in [0, 0.05) is 6.42 Å². The van der Waals surface area contributed by atoms with E-state index in [1.54, 1.807) is 0 Å². The van der Waals surface area contributed by atoms with Crippen LogP contribution in [-0.4, -0.2) is 5.78 Å². The quantitative estimate of drug-likeness (QED) is 0.616. The minimum atomic E-state index is 0.258. The zero-order valence-electron chi connectivity index (χ0n) is 10.3. The number of carbonyl (C=O) groups is 1. The summed E-state index contributed by atoms with van der Waals surface area (Å²) >= 11 is 0. The van der Waals surface area contributed by atoms with Gasteiger partial charge in [0.05, 0.1) is 0 Å². The lowest BCUT2D eigenvalue weighted by Crippen LogP contribution is -2.24. The van der Waals surface area contributed by atoms with Gasteiger partial charge in [-0.2, -0.15) is 0 Å². The predicted molar refractivity (Wildman–Crippen MR) is 64.9 cm³/mol. The van der Waals surface area contributed by atoms with Crippen molar-refractivity contribution < 1.29 is 4.79 Å². The van der Waals surface area contributed by atoms with E-state index in [4.69, 9.17) is 0 Å². The van der Waals surface area contributed by atoms with E-state index in [1.165, 1.54) is 38.5 Å². The molecule has 0 aromatic carbocycles. The molecule has 0 aromatic rings. The average molecular weight is 208 g/mol. The van der Waals surface area contributed by atoms with E-state index in [0.717, 1.165) is 12.0 Å². The third kappa shape index (κ3) is 3.48. The summed E-state index contributed by atoms with van der Waals surface area (Å²) in [6, 6.07) is 0. The first kappa shape index (κ1) is 12.5. The van der Waals surface area contributed by atoms with Crippen molar-refractivity contribution in [2.75, 3.05) is 0 Å². The molecule has 0 aromatic heterocycles. The molecular formula is C14H24O. The molecule has 0 heterocycles. The molecule has 0 bridgehead atoms. The van der Waals surface area contributed by atoms with Crippen LogP contribution in [-0.2, 0) is 4.79 Å². The fraction of sp³-hybridized carbons (Fsp3) is 0.786. The maximum absolute atomic E-state index is 11.5. The van der Waals surface area contributed by atoms with E-state index in [0.29, 0.717) is 11.8 Å². The van der Waals surface area contributed by atoms with Crippen molar-refractivity contribution in [3.8, 4) is 0 Å². The molecule has 0 unspecified atom stereocenters. The number of ketones is 1. The molecule has 1 fully saturated rings. The smallest absolute Gasteiger partial charge is 0.158 e. The fourth-order valence-corrected chi connectivity index (χ4v) is 2.67. The Labute approximate surface area is 93.9 Å². The Hall–Kier alpha value is -0.590. The summed E-state index contributed by atoms with van der Waals surface area (Å²) < 4.78 is 0. The highest BCUT2D eigenvalue weighted by atomic mass is 16.1. The van der Waals surface area contributed by atoms with Crippen LogP contribution in [0.2, 0.25) is 0 Å². The molecule has 86 valence electrons. The fourth-order valence-electron chi connectivity index (χ4n) is 2.67. The van der Waals surface area contributed by atoms with Crippen molar-refractivity contribution in [3.63, 3.8) is 0 Å². The lowest BCUT2D eigenvalue weighted by Gasteiger charge is -2.36. The number of allylic oxidation sites excluding steroid dienone is 1. The Morgan fingerprint density at radius 2 is 1.87 bits per heavy atom. The van der Waals surface area contributed by atoms with Gasteiger partial charge in [0.15, 0.2) is 5.78 Å². The highest BCUT2D eigenvalue weighted by Crippen LogP contribution is 2.42. The Bertz CT molecular complexity index is 234. The van der Waals surface area contributed by atoms with Crippen LogP contribution < -0.4 is 0 Å². The van der Waals surface area contributed by atoms with Gasteiger partial charge in [0.2, 0.25) is 0 Å². The number of rotatable bonds is 5. The van der Waals surface area contributed by atoms with Crippen LogP contribution >= 0.6 is 0 Å². The maximum atomic E-state index is 11.5. The first-order valence-electron chi connectivity index (χ1n) is 6.28. The Morgan fingerprint density at radius 3 is 2.33 bits per heavy atom. The summed E-state index contributed by atoms with van der Waals surface area (Å²) in [6.45, 7) is 7.81. The van der Waals surface area contributed by atoms with Crippen molar-refractivity contribution in [2.24, 2.45) is 5.41 Å². The van der Waals surface area contributed by atoms with Gasteiger partial charge in [-0.3, -0.25) is 4.79 Å². The predicted octanol–water partition coefficient (Wildman–Crippen LogP) is 4.27. The molecule has 0 radical (unpaired) electrons. The van der Waals surface area contributed by atoms with Gasteiger partial charge in [0.25, 0.3) is 0 Å².